The third kappa shape index (κ3) is 6.87. The number of halogens is 2. The number of aliphatic hydroxyl groups is 1. The lowest BCUT2D eigenvalue weighted by Gasteiger charge is -2.38. The molecule has 1 aliphatic rings. The number of carbonyl (C=O) groups excluding carboxylic acids is 1. The number of nitrogens with zero attached hydrogens (tertiary/aromatic N) is 2. The Balaban J connectivity index is 1.68. The summed E-state index contributed by atoms with van der Waals surface area (Å²) in [7, 11) is -6.64. The lowest BCUT2D eigenvalue weighted by atomic mass is 9.99. The molecule has 2 N–H and O–H groups in total. The summed E-state index contributed by atoms with van der Waals surface area (Å²) in [6, 6.07) is 13.7. The van der Waals surface area contributed by atoms with E-state index in [9.17, 15) is 31.1 Å². The maximum Gasteiger partial charge on any atom is 0.261 e. The van der Waals surface area contributed by atoms with Gasteiger partial charge in [-0.05, 0) is 73.7 Å². The van der Waals surface area contributed by atoms with E-state index in [0.29, 0.717) is 5.02 Å². The Hall–Kier alpha value is -3.23. The molecule has 0 aromatic heterocycles. The third-order valence-electron chi connectivity index (χ3n) is 7.00. The standard InChI is InChI=1S/C28H31ClFN3O7S2/c1-18-15-33(19(2)17-34)28(35)25-14-22(31-41(36,37)23-9-4-20(29)5-10-23)8-13-26(25)40-27(18)16-32(3)42(38,39)24-11-6-21(30)7-12-24/h4-14,18-19,27,31,34H,15-17H2,1-3H3/t18-,19-,27+/m1/s1. The number of benzene rings is 3. The Morgan fingerprint density at radius 2 is 1.69 bits per heavy atom. The van der Waals surface area contributed by atoms with Gasteiger partial charge in [0.2, 0.25) is 10.0 Å². The molecule has 3 aromatic rings. The molecule has 14 heteroatoms. The largest absolute Gasteiger partial charge is 0.488 e. The number of fused-ring (bicyclic) bond motifs is 1. The first-order valence-corrected chi connectivity index (χ1v) is 16.3. The topological polar surface area (TPSA) is 133 Å². The number of hydrogen-bond acceptors (Lipinski definition) is 7. The highest BCUT2D eigenvalue weighted by Crippen LogP contribution is 2.32. The van der Waals surface area contributed by atoms with Crippen LogP contribution < -0.4 is 9.46 Å². The van der Waals surface area contributed by atoms with Crippen LogP contribution in [0.5, 0.6) is 5.75 Å². The van der Waals surface area contributed by atoms with Crippen LogP contribution >= 0.6 is 11.6 Å². The molecule has 226 valence electrons. The van der Waals surface area contributed by atoms with Crippen molar-refractivity contribution in [2.45, 2.75) is 35.8 Å². The minimum absolute atomic E-state index is 0.0314. The second kappa shape index (κ2) is 12.6. The van der Waals surface area contributed by atoms with Gasteiger partial charge in [0.25, 0.3) is 15.9 Å². The molecule has 1 heterocycles. The smallest absolute Gasteiger partial charge is 0.261 e. The highest BCUT2D eigenvalue weighted by Gasteiger charge is 2.35. The van der Waals surface area contributed by atoms with E-state index in [0.717, 1.165) is 16.4 Å². The summed E-state index contributed by atoms with van der Waals surface area (Å²) in [5.41, 5.74) is 0.131. The minimum atomic E-state index is -4.02. The van der Waals surface area contributed by atoms with Crippen LogP contribution in [-0.4, -0.2) is 75.9 Å². The fourth-order valence-corrected chi connectivity index (χ4v) is 6.83. The fraction of sp³-hybridized carbons (Fsp3) is 0.321. The van der Waals surface area contributed by atoms with Gasteiger partial charge in [-0.1, -0.05) is 18.5 Å². The molecule has 3 aromatic carbocycles. The summed E-state index contributed by atoms with van der Waals surface area (Å²) < 4.78 is 75.4. The zero-order valence-electron chi connectivity index (χ0n) is 23.1. The predicted octanol–water partition coefficient (Wildman–Crippen LogP) is 3.82. The van der Waals surface area contributed by atoms with Gasteiger partial charge < -0.3 is 14.7 Å². The van der Waals surface area contributed by atoms with E-state index >= 15 is 0 Å². The van der Waals surface area contributed by atoms with Crippen LogP contribution in [0.15, 0.2) is 76.5 Å². The Labute approximate surface area is 249 Å². The van der Waals surface area contributed by atoms with Crippen LogP contribution in [0.3, 0.4) is 0 Å². The highest BCUT2D eigenvalue weighted by atomic mass is 35.5. The molecule has 0 spiro atoms. The summed E-state index contributed by atoms with van der Waals surface area (Å²) in [5, 5.41) is 10.2. The van der Waals surface area contributed by atoms with Gasteiger partial charge in [-0.3, -0.25) is 9.52 Å². The molecule has 0 saturated heterocycles. The molecule has 42 heavy (non-hydrogen) atoms. The van der Waals surface area contributed by atoms with Gasteiger partial charge >= 0.3 is 0 Å². The van der Waals surface area contributed by atoms with Crippen molar-refractivity contribution in [1.82, 2.24) is 9.21 Å². The molecule has 0 saturated carbocycles. The second-order valence-electron chi connectivity index (χ2n) is 10.1. The third-order valence-corrected chi connectivity index (χ3v) is 10.5. The molecule has 3 atom stereocenters. The van der Waals surface area contributed by atoms with Crippen LogP contribution in [0.4, 0.5) is 10.1 Å². The average molecular weight is 640 g/mol. The van der Waals surface area contributed by atoms with Gasteiger partial charge in [0, 0.05) is 30.2 Å². The molecule has 0 aliphatic carbocycles. The summed E-state index contributed by atoms with van der Waals surface area (Å²) >= 11 is 5.87. The average Bonchev–Trinajstić information content (AvgIpc) is 2.95. The monoisotopic (exact) mass is 639 g/mol. The number of aliphatic hydroxyl groups excluding tert-OH is 1. The Kier molecular flexibility index (Phi) is 9.48. The molecule has 1 amide bonds. The predicted molar refractivity (Wildman–Crippen MR) is 156 cm³/mol. The molecule has 4 rings (SSSR count). The van der Waals surface area contributed by atoms with E-state index in [2.05, 4.69) is 4.72 Å². The highest BCUT2D eigenvalue weighted by molar-refractivity contribution is 7.92. The quantitative estimate of drug-likeness (QED) is 0.364. The zero-order valence-corrected chi connectivity index (χ0v) is 25.5. The van der Waals surface area contributed by atoms with E-state index in [4.69, 9.17) is 16.3 Å². The van der Waals surface area contributed by atoms with E-state index in [1.165, 1.54) is 66.5 Å². The van der Waals surface area contributed by atoms with Gasteiger partial charge in [-0.25, -0.2) is 21.2 Å². The van der Waals surface area contributed by atoms with E-state index in [-0.39, 0.29) is 52.4 Å². The van der Waals surface area contributed by atoms with Gasteiger partial charge in [0.05, 0.1) is 34.5 Å². The van der Waals surface area contributed by atoms with Gasteiger partial charge in [0.15, 0.2) is 0 Å². The Morgan fingerprint density at radius 1 is 1.07 bits per heavy atom. The molecule has 0 radical (unpaired) electrons. The fourth-order valence-electron chi connectivity index (χ4n) is 4.47. The van der Waals surface area contributed by atoms with Gasteiger partial charge in [-0.2, -0.15) is 4.31 Å². The van der Waals surface area contributed by atoms with Crippen molar-refractivity contribution < 1.29 is 35.9 Å². The first-order chi connectivity index (χ1) is 19.7. The van der Waals surface area contributed by atoms with Crippen molar-refractivity contribution in [3.05, 3.63) is 83.1 Å². The van der Waals surface area contributed by atoms with Crippen molar-refractivity contribution in [2.24, 2.45) is 5.92 Å². The molecule has 10 nitrogen and oxygen atoms in total. The number of sulfonamides is 2. The normalized spacial score (nSPS) is 18.5. The number of nitrogens with one attached hydrogen (secondary N) is 1. The lowest BCUT2D eigenvalue weighted by Crippen LogP contribution is -2.50. The van der Waals surface area contributed by atoms with Crippen LogP contribution in [0.1, 0.15) is 24.2 Å². The van der Waals surface area contributed by atoms with Crippen LogP contribution in [-0.2, 0) is 20.0 Å². The number of likely N-dealkylation sites (N-methyl/N-ethyl adjacent to an activating group) is 1. The second-order valence-corrected chi connectivity index (χ2v) is 14.3. The van der Waals surface area contributed by atoms with Crippen LogP contribution in [0.25, 0.3) is 0 Å². The van der Waals surface area contributed by atoms with Crippen molar-refractivity contribution in [3.63, 3.8) is 0 Å². The van der Waals surface area contributed by atoms with Gasteiger partial charge in [-0.15, -0.1) is 0 Å². The first-order valence-electron chi connectivity index (χ1n) is 13.0. The Bertz CT molecular complexity index is 1650. The molecular formula is C28H31ClFN3O7S2. The number of anilines is 1. The molecule has 1 aliphatic heterocycles. The molecule has 0 fully saturated rings. The maximum absolute atomic E-state index is 13.7. The molecular weight excluding hydrogens is 609 g/mol. The summed E-state index contributed by atoms with van der Waals surface area (Å²) in [6.07, 6.45) is -0.748. The maximum atomic E-state index is 13.7. The Morgan fingerprint density at radius 3 is 2.31 bits per heavy atom. The SMILES string of the molecule is C[C@@H]1CN([C@H](C)CO)C(=O)c2cc(NS(=O)(=O)c3ccc(Cl)cc3)ccc2O[C@H]1CN(C)S(=O)(=O)c1ccc(F)cc1. The van der Waals surface area contributed by atoms with Crippen molar-refractivity contribution in [1.29, 1.82) is 0 Å². The van der Waals surface area contributed by atoms with E-state index in [1.54, 1.807) is 13.8 Å². The van der Waals surface area contributed by atoms with Crippen molar-refractivity contribution in [3.8, 4) is 5.75 Å². The minimum Gasteiger partial charge on any atom is -0.488 e. The lowest BCUT2D eigenvalue weighted by molar-refractivity contribution is 0.0387. The molecule has 0 unspecified atom stereocenters. The van der Waals surface area contributed by atoms with Crippen LogP contribution in [0.2, 0.25) is 5.02 Å². The number of carbonyl (C=O) groups is 1. The van der Waals surface area contributed by atoms with Crippen molar-refractivity contribution in [2.75, 3.05) is 31.5 Å². The number of ether oxygens (including phenoxy) is 1. The zero-order chi connectivity index (χ0) is 30.8. The van der Waals surface area contributed by atoms with E-state index < -0.39 is 43.9 Å². The van der Waals surface area contributed by atoms with E-state index in [1.807, 2.05) is 0 Å². The number of hydrogen-bond donors (Lipinski definition) is 2. The molecule has 0 bridgehead atoms. The first kappa shape index (κ1) is 31.7. The summed E-state index contributed by atoms with van der Waals surface area (Å²) in [6.45, 7) is 3.14. The number of rotatable bonds is 9. The summed E-state index contributed by atoms with van der Waals surface area (Å²) in [5.74, 6) is -1.32. The number of amides is 1. The van der Waals surface area contributed by atoms with Crippen molar-refractivity contribution >= 4 is 43.2 Å². The van der Waals surface area contributed by atoms with Crippen LogP contribution in [0, 0.1) is 11.7 Å². The van der Waals surface area contributed by atoms with Gasteiger partial charge in [0.1, 0.15) is 17.7 Å². The summed E-state index contributed by atoms with van der Waals surface area (Å²) in [4.78, 5) is 15.0.